The lowest BCUT2D eigenvalue weighted by Crippen LogP contribution is -2.48. The van der Waals surface area contributed by atoms with Gasteiger partial charge in [-0.15, -0.1) is 0 Å². The minimum atomic E-state index is -0.00442. The molecule has 3 rings (SSSR count). The first-order chi connectivity index (χ1) is 10.1. The van der Waals surface area contributed by atoms with E-state index in [0.717, 1.165) is 40.0 Å². The maximum absolute atomic E-state index is 6.09. The highest BCUT2D eigenvalue weighted by Crippen LogP contribution is 2.35. The zero-order valence-electron chi connectivity index (χ0n) is 12.3. The van der Waals surface area contributed by atoms with E-state index in [0.29, 0.717) is 6.54 Å². The highest BCUT2D eigenvalue weighted by Gasteiger charge is 2.33. The minimum Gasteiger partial charge on any atom is -0.376 e. The topological polar surface area (TPSA) is 63.8 Å². The van der Waals surface area contributed by atoms with Gasteiger partial charge in [-0.2, -0.15) is 0 Å². The Morgan fingerprint density at radius 1 is 1.38 bits per heavy atom. The van der Waals surface area contributed by atoms with Crippen LogP contribution in [0.2, 0.25) is 0 Å². The van der Waals surface area contributed by atoms with E-state index in [4.69, 9.17) is 5.73 Å². The Bertz CT molecular complexity index is 635. The van der Waals surface area contributed by atoms with E-state index in [1.54, 1.807) is 0 Å². The molecule has 0 radical (unpaired) electrons. The zero-order valence-corrected chi connectivity index (χ0v) is 13.9. The molecule has 1 aliphatic carbocycles. The first-order valence-corrected chi connectivity index (χ1v) is 8.30. The van der Waals surface area contributed by atoms with E-state index < -0.39 is 0 Å². The number of halogens is 1. The lowest BCUT2D eigenvalue weighted by molar-refractivity contribution is 0.272. The third-order valence-electron chi connectivity index (χ3n) is 4.57. The second-order valence-corrected chi connectivity index (χ2v) is 7.09. The normalized spacial score (nSPS) is 26.0. The quantitative estimate of drug-likeness (QED) is 0.887. The standard InChI is InChI=1S/C16H21BrN4/c1-11-2-5-16(10-18,6-3-11)21-13-4-7-19-14-8-12(17)9-20-15(13)14/h4,7-9,11H,2-3,5-6,10,18H2,1H3,(H,19,21). The van der Waals surface area contributed by atoms with Crippen molar-refractivity contribution in [2.24, 2.45) is 11.7 Å². The van der Waals surface area contributed by atoms with Crippen LogP contribution in [-0.2, 0) is 0 Å². The number of fused-ring (bicyclic) bond motifs is 1. The molecule has 2 aromatic rings. The second-order valence-electron chi connectivity index (χ2n) is 6.17. The molecular weight excluding hydrogens is 328 g/mol. The van der Waals surface area contributed by atoms with Crippen LogP contribution < -0.4 is 11.1 Å². The Hall–Kier alpha value is -1.20. The highest BCUT2D eigenvalue weighted by molar-refractivity contribution is 9.10. The van der Waals surface area contributed by atoms with E-state index in [2.05, 4.69) is 38.1 Å². The highest BCUT2D eigenvalue weighted by atomic mass is 79.9. The molecule has 112 valence electrons. The number of aromatic nitrogens is 2. The monoisotopic (exact) mass is 348 g/mol. The summed E-state index contributed by atoms with van der Waals surface area (Å²) >= 11 is 3.44. The summed E-state index contributed by atoms with van der Waals surface area (Å²) in [7, 11) is 0. The van der Waals surface area contributed by atoms with E-state index in [9.17, 15) is 0 Å². The summed E-state index contributed by atoms with van der Waals surface area (Å²) in [5, 5.41) is 3.68. The molecule has 0 atom stereocenters. The van der Waals surface area contributed by atoms with Gasteiger partial charge in [0.2, 0.25) is 0 Å². The van der Waals surface area contributed by atoms with Gasteiger partial charge in [0.15, 0.2) is 0 Å². The van der Waals surface area contributed by atoms with Gasteiger partial charge in [0.1, 0.15) is 5.52 Å². The minimum absolute atomic E-state index is 0.00442. The van der Waals surface area contributed by atoms with Gasteiger partial charge in [0, 0.05) is 29.0 Å². The molecule has 5 heteroatoms. The Kier molecular flexibility index (Phi) is 4.13. The SMILES string of the molecule is CC1CCC(CN)(Nc2ccnc3cc(Br)cnc23)CC1. The lowest BCUT2D eigenvalue weighted by atomic mass is 9.77. The van der Waals surface area contributed by atoms with Gasteiger partial charge in [-0.3, -0.25) is 9.97 Å². The molecule has 0 amide bonds. The first kappa shape index (κ1) is 14.7. The molecule has 0 saturated heterocycles. The van der Waals surface area contributed by atoms with Crippen LogP contribution in [0.1, 0.15) is 32.6 Å². The van der Waals surface area contributed by atoms with Gasteiger partial charge in [-0.1, -0.05) is 6.92 Å². The largest absolute Gasteiger partial charge is 0.376 e. The van der Waals surface area contributed by atoms with Crippen molar-refractivity contribution in [2.45, 2.75) is 38.1 Å². The second kappa shape index (κ2) is 5.89. The average molecular weight is 349 g/mol. The van der Waals surface area contributed by atoms with Gasteiger partial charge < -0.3 is 11.1 Å². The van der Waals surface area contributed by atoms with Crippen molar-refractivity contribution in [1.29, 1.82) is 0 Å². The molecule has 4 nitrogen and oxygen atoms in total. The van der Waals surface area contributed by atoms with Crippen molar-refractivity contribution >= 4 is 32.7 Å². The van der Waals surface area contributed by atoms with Gasteiger partial charge in [-0.25, -0.2) is 0 Å². The van der Waals surface area contributed by atoms with Crippen LogP contribution in [0.3, 0.4) is 0 Å². The summed E-state index contributed by atoms with van der Waals surface area (Å²) in [5.41, 5.74) is 8.93. The fourth-order valence-electron chi connectivity index (χ4n) is 3.09. The maximum atomic E-state index is 6.09. The van der Waals surface area contributed by atoms with E-state index in [1.807, 2.05) is 24.5 Å². The van der Waals surface area contributed by atoms with Crippen LogP contribution in [0, 0.1) is 5.92 Å². The van der Waals surface area contributed by atoms with Crippen molar-refractivity contribution in [1.82, 2.24) is 9.97 Å². The van der Waals surface area contributed by atoms with Gasteiger partial charge >= 0.3 is 0 Å². The first-order valence-electron chi connectivity index (χ1n) is 7.50. The summed E-state index contributed by atoms with van der Waals surface area (Å²) in [6.07, 6.45) is 8.33. The Labute approximate surface area is 133 Å². The molecule has 0 spiro atoms. The third-order valence-corrected chi connectivity index (χ3v) is 5.00. The smallest absolute Gasteiger partial charge is 0.112 e. The lowest BCUT2D eigenvalue weighted by Gasteiger charge is -2.40. The van der Waals surface area contributed by atoms with Crippen LogP contribution in [0.25, 0.3) is 11.0 Å². The van der Waals surface area contributed by atoms with E-state index >= 15 is 0 Å². The fraction of sp³-hybridized carbons (Fsp3) is 0.500. The maximum Gasteiger partial charge on any atom is 0.112 e. The summed E-state index contributed by atoms with van der Waals surface area (Å²) < 4.78 is 0.944. The molecule has 0 aliphatic heterocycles. The molecule has 0 bridgehead atoms. The fourth-order valence-corrected chi connectivity index (χ4v) is 3.41. The molecule has 0 unspecified atom stereocenters. The number of hydrogen-bond acceptors (Lipinski definition) is 4. The molecule has 3 N–H and O–H groups in total. The van der Waals surface area contributed by atoms with Crippen molar-refractivity contribution in [3.05, 3.63) is 29.0 Å². The van der Waals surface area contributed by atoms with Crippen molar-refractivity contribution in [3.63, 3.8) is 0 Å². The molecule has 1 saturated carbocycles. The molecule has 0 aromatic carbocycles. The molecule has 2 aromatic heterocycles. The average Bonchev–Trinajstić information content (AvgIpc) is 2.50. The van der Waals surface area contributed by atoms with Gasteiger partial charge in [-0.05, 0) is 59.7 Å². The van der Waals surface area contributed by atoms with Crippen molar-refractivity contribution < 1.29 is 0 Å². The summed E-state index contributed by atoms with van der Waals surface area (Å²) in [5.74, 6) is 0.801. The number of nitrogens with zero attached hydrogens (tertiary/aromatic N) is 2. The van der Waals surface area contributed by atoms with E-state index in [-0.39, 0.29) is 5.54 Å². The van der Waals surface area contributed by atoms with Crippen LogP contribution in [-0.4, -0.2) is 22.1 Å². The summed E-state index contributed by atoms with van der Waals surface area (Å²) in [6, 6.07) is 3.99. The molecular formula is C16H21BrN4. The van der Waals surface area contributed by atoms with Crippen molar-refractivity contribution in [3.8, 4) is 0 Å². The number of pyridine rings is 2. The molecule has 1 aliphatic rings. The van der Waals surface area contributed by atoms with Gasteiger partial charge in [0.05, 0.1) is 11.2 Å². The predicted molar refractivity (Wildman–Crippen MR) is 90.3 cm³/mol. The number of anilines is 1. The summed E-state index contributed by atoms with van der Waals surface area (Å²) in [6.45, 7) is 2.97. The van der Waals surface area contributed by atoms with E-state index in [1.165, 1.54) is 12.8 Å². The molecule has 21 heavy (non-hydrogen) atoms. The molecule has 2 heterocycles. The van der Waals surface area contributed by atoms with Gasteiger partial charge in [0.25, 0.3) is 0 Å². The number of rotatable bonds is 3. The van der Waals surface area contributed by atoms with Crippen LogP contribution in [0.15, 0.2) is 29.0 Å². The van der Waals surface area contributed by atoms with Crippen LogP contribution >= 0.6 is 15.9 Å². The number of hydrogen-bond donors (Lipinski definition) is 2. The number of nitrogens with one attached hydrogen (secondary N) is 1. The van der Waals surface area contributed by atoms with Crippen LogP contribution in [0.5, 0.6) is 0 Å². The van der Waals surface area contributed by atoms with Crippen molar-refractivity contribution in [2.75, 3.05) is 11.9 Å². The predicted octanol–water partition coefficient (Wildman–Crippen LogP) is 3.71. The summed E-state index contributed by atoms with van der Waals surface area (Å²) in [4.78, 5) is 8.91. The van der Waals surface area contributed by atoms with Crippen LogP contribution in [0.4, 0.5) is 5.69 Å². The molecule has 1 fully saturated rings. The zero-order chi connectivity index (χ0) is 14.9. The Morgan fingerprint density at radius 2 is 2.14 bits per heavy atom. The number of nitrogens with two attached hydrogens (primary N) is 1. The Morgan fingerprint density at radius 3 is 2.86 bits per heavy atom. The Balaban J connectivity index is 1.93. The third kappa shape index (κ3) is 3.04.